The molecule has 1 heterocycles. The molecule has 5 heteroatoms. The minimum atomic E-state index is -0.0130. The molecule has 0 radical (unpaired) electrons. The molecule has 0 saturated carbocycles. The molecule has 0 aliphatic heterocycles. The summed E-state index contributed by atoms with van der Waals surface area (Å²) < 4.78 is 12.0. The lowest BCUT2D eigenvalue weighted by Gasteiger charge is -2.12. The fraction of sp³-hybridized carbons (Fsp3) is 0.286. The number of hydrogen-bond donors (Lipinski definition) is 1. The molecule has 2 rings (SSSR count). The van der Waals surface area contributed by atoms with Gasteiger partial charge >= 0.3 is 0 Å². The number of rotatable bonds is 6. The van der Waals surface area contributed by atoms with Crippen molar-refractivity contribution in [3.8, 4) is 11.5 Å². The lowest BCUT2D eigenvalue weighted by atomic mass is 10.2. The number of hydrogen-bond acceptors (Lipinski definition) is 4. The van der Waals surface area contributed by atoms with Gasteiger partial charge < -0.3 is 14.6 Å². The van der Waals surface area contributed by atoms with E-state index in [1.54, 1.807) is 6.07 Å². The Morgan fingerprint density at radius 1 is 1.16 bits per heavy atom. The second-order valence-corrected chi connectivity index (χ2v) is 5.67. The first-order valence-corrected chi connectivity index (χ1v) is 7.16. The van der Waals surface area contributed by atoms with Crippen molar-refractivity contribution in [3.63, 3.8) is 0 Å². The van der Waals surface area contributed by atoms with Crippen LogP contribution >= 0.6 is 22.9 Å². The van der Waals surface area contributed by atoms with Gasteiger partial charge in [-0.25, -0.2) is 0 Å². The number of ether oxygens (including phenoxy) is 2. The van der Waals surface area contributed by atoms with Crippen molar-refractivity contribution in [2.75, 3.05) is 6.61 Å². The summed E-state index contributed by atoms with van der Waals surface area (Å²) in [6.45, 7) is 2.90. The number of aliphatic hydroxyl groups is 1. The van der Waals surface area contributed by atoms with Crippen molar-refractivity contribution in [2.24, 2.45) is 0 Å². The molecule has 1 aromatic heterocycles. The van der Waals surface area contributed by atoms with Crippen molar-refractivity contribution >= 4 is 22.9 Å². The molecule has 0 bridgehead atoms. The second kappa shape index (κ2) is 6.80. The van der Waals surface area contributed by atoms with Gasteiger partial charge in [-0.3, -0.25) is 0 Å². The van der Waals surface area contributed by atoms with Crippen LogP contribution in [0.15, 0.2) is 30.3 Å². The van der Waals surface area contributed by atoms with Crippen molar-refractivity contribution in [1.29, 1.82) is 0 Å². The smallest absolute Gasteiger partial charge is 0.161 e. The van der Waals surface area contributed by atoms with Crippen LogP contribution in [0.2, 0.25) is 4.34 Å². The molecule has 0 fully saturated rings. The fourth-order valence-electron chi connectivity index (χ4n) is 1.62. The van der Waals surface area contributed by atoms with Gasteiger partial charge in [-0.05, 0) is 36.8 Å². The lowest BCUT2D eigenvalue weighted by Crippen LogP contribution is -1.99. The van der Waals surface area contributed by atoms with Crippen LogP contribution in [0.5, 0.6) is 11.5 Å². The molecule has 2 aromatic rings. The fourth-order valence-corrected chi connectivity index (χ4v) is 2.62. The van der Waals surface area contributed by atoms with Gasteiger partial charge in [-0.2, -0.15) is 0 Å². The Kier molecular flexibility index (Phi) is 5.07. The summed E-state index contributed by atoms with van der Waals surface area (Å²) in [7, 11) is 0. The first-order chi connectivity index (χ1) is 9.22. The van der Waals surface area contributed by atoms with Crippen LogP contribution in [-0.2, 0) is 13.2 Å². The van der Waals surface area contributed by atoms with Crippen LogP contribution in [0.4, 0.5) is 0 Å². The van der Waals surface area contributed by atoms with E-state index in [0.29, 0.717) is 24.7 Å². The van der Waals surface area contributed by atoms with E-state index in [0.717, 1.165) is 14.8 Å². The van der Waals surface area contributed by atoms with Gasteiger partial charge in [0.2, 0.25) is 0 Å². The predicted molar refractivity (Wildman–Crippen MR) is 77.2 cm³/mol. The van der Waals surface area contributed by atoms with Crippen LogP contribution < -0.4 is 9.47 Å². The number of thiophene rings is 1. The van der Waals surface area contributed by atoms with Gasteiger partial charge in [0.25, 0.3) is 0 Å². The number of halogens is 1. The third-order valence-corrected chi connectivity index (χ3v) is 3.69. The highest BCUT2D eigenvalue weighted by Crippen LogP contribution is 2.30. The summed E-state index contributed by atoms with van der Waals surface area (Å²) in [6.07, 6.45) is 0. The van der Waals surface area contributed by atoms with E-state index in [2.05, 4.69) is 0 Å². The van der Waals surface area contributed by atoms with E-state index in [1.165, 1.54) is 11.3 Å². The topological polar surface area (TPSA) is 38.7 Å². The molecule has 0 amide bonds. The molecule has 1 aromatic carbocycles. The largest absolute Gasteiger partial charge is 0.490 e. The highest BCUT2D eigenvalue weighted by molar-refractivity contribution is 7.16. The SMILES string of the molecule is CCOc1cc(CO)ccc1OCc1ccc(Cl)s1. The highest BCUT2D eigenvalue weighted by Gasteiger charge is 2.07. The molecular weight excluding hydrogens is 284 g/mol. The maximum Gasteiger partial charge on any atom is 0.161 e. The van der Waals surface area contributed by atoms with Crippen molar-refractivity contribution < 1.29 is 14.6 Å². The van der Waals surface area contributed by atoms with Gasteiger partial charge in [-0.1, -0.05) is 17.7 Å². The molecule has 19 heavy (non-hydrogen) atoms. The Balaban J connectivity index is 2.10. The average molecular weight is 299 g/mol. The molecule has 0 aliphatic rings. The van der Waals surface area contributed by atoms with Crippen LogP contribution in [-0.4, -0.2) is 11.7 Å². The molecule has 102 valence electrons. The number of benzene rings is 1. The normalized spacial score (nSPS) is 10.5. The van der Waals surface area contributed by atoms with E-state index in [-0.39, 0.29) is 6.61 Å². The summed E-state index contributed by atoms with van der Waals surface area (Å²) in [4.78, 5) is 1.05. The van der Waals surface area contributed by atoms with Crippen molar-refractivity contribution in [3.05, 3.63) is 45.1 Å². The molecule has 0 spiro atoms. The molecule has 0 saturated heterocycles. The highest BCUT2D eigenvalue weighted by atomic mass is 35.5. The third-order valence-electron chi connectivity index (χ3n) is 2.49. The van der Waals surface area contributed by atoms with Gasteiger partial charge in [0, 0.05) is 4.88 Å². The molecule has 0 unspecified atom stereocenters. The summed E-state index contributed by atoms with van der Waals surface area (Å²) in [5.41, 5.74) is 0.801. The Morgan fingerprint density at radius 3 is 2.63 bits per heavy atom. The molecular formula is C14H15ClO3S. The van der Waals surface area contributed by atoms with Crippen molar-refractivity contribution in [1.82, 2.24) is 0 Å². The van der Waals surface area contributed by atoms with Crippen LogP contribution in [0, 0.1) is 0 Å². The maximum atomic E-state index is 9.12. The summed E-state index contributed by atoms with van der Waals surface area (Å²) in [6, 6.07) is 9.21. The maximum absolute atomic E-state index is 9.12. The molecule has 1 N–H and O–H groups in total. The third kappa shape index (κ3) is 3.86. The summed E-state index contributed by atoms with van der Waals surface area (Å²) in [5, 5.41) is 9.12. The Morgan fingerprint density at radius 2 is 2.00 bits per heavy atom. The van der Waals surface area contributed by atoms with E-state index >= 15 is 0 Å². The average Bonchev–Trinajstić information content (AvgIpc) is 2.83. The first kappa shape index (κ1) is 14.2. The van der Waals surface area contributed by atoms with E-state index in [1.807, 2.05) is 31.2 Å². The van der Waals surface area contributed by atoms with Gasteiger partial charge in [-0.15, -0.1) is 11.3 Å². The zero-order valence-corrected chi connectivity index (χ0v) is 12.1. The second-order valence-electron chi connectivity index (χ2n) is 3.87. The zero-order chi connectivity index (χ0) is 13.7. The monoisotopic (exact) mass is 298 g/mol. The van der Waals surface area contributed by atoms with Gasteiger partial charge in [0.05, 0.1) is 17.6 Å². The van der Waals surface area contributed by atoms with Crippen LogP contribution in [0.3, 0.4) is 0 Å². The first-order valence-electron chi connectivity index (χ1n) is 5.96. The Bertz CT molecular complexity index is 539. The van der Waals surface area contributed by atoms with Crippen LogP contribution in [0.25, 0.3) is 0 Å². The Labute approximate surface area is 121 Å². The van der Waals surface area contributed by atoms with Gasteiger partial charge in [0.15, 0.2) is 11.5 Å². The van der Waals surface area contributed by atoms with E-state index in [4.69, 9.17) is 26.2 Å². The van der Waals surface area contributed by atoms with E-state index < -0.39 is 0 Å². The van der Waals surface area contributed by atoms with Crippen LogP contribution in [0.1, 0.15) is 17.4 Å². The predicted octanol–water partition coefficient (Wildman–Crippen LogP) is 3.87. The summed E-state index contributed by atoms with van der Waals surface area (Å²) in [5.74, 6) is 1.32. The zero-order valence-electron chi connectivity index (χ0n) is 10.6. The molecule has 0 atom stereocenters. The Hall–Kier alpha value is -1.23. The summed E-state index contributed by atoms with van der Waals surface area (Å²) >= 11 is 7.37. The minimum Gasteiger partial charge on any atom is -0.490 e. The van der Waals surface area contributed by atoms with E-state index in [9.17, 15) is 0 Å². The molecule has 0 aliphatic carbocycles. The standard InChI is InChI=1S/C14H15ClO3S/c1-2-17-13-7-10(8-16)3-5-12(13)18-9-11-4-6-14(15)19-11/h3-7,16H,2,8-9H2,1H3. The number of aliphatic hydroxyl groups excluding tert-OH is 1. The minimum absolute atomic E-state index is 0.0130. The molecule has 3 nitrogen and oxygen atoms in total. The quantitative estimate of drug-likeness (QED) is 0.880. The van der Waals surface area contributed by atoms with Crippen molar-refractivity contribution in [2.45, 2.75) is 20.1 Å². The lowest BCUT2D eigenvalue weighted by molar-refractivity contribution is 0.265. The van der Waals surface area contributed by atoms with Gasteiger partial charge in [0.1, 0.15) is 6.61 Å².